The van der Waals surface area contributed by atoms with E-state index >= 15 is 0 Å². The van der Waals surface area contributed by atoms with Gasteiger partial charge in [0.25, 0.3) is 0 Å². The predicted octanol–water partition coefficient (Wildman–Crippen LogP) is 3.74. The van der Waals surface area contributed by atoms with Crippen LogP contribution in [0.25, 0.3) is 6.08 Å². The molecule has 4 N–H and O–H groups in total. The van der Waals surface area contributed by atoms with Gasteiger partial charge in [-0.3, -0.25) is 14.4 Å². The molecule has 0 heterocycles. The van der Waals surface area contributed by atoms with E-state index in [1.165, 1.54) is 6.08 Å². The minimum absolute atomic E-state index is 0.160. The molecular formula is C25H30N2O5. The first-order chi connectivity index (χ1) is 15.2. The van der Waals surface area contributed by atoms with E-state index in [1.807, 2.05) is 6.92 Å². The van der Waals surface area contributed by atoms with E-state index in [1.54, 1.807) is 68.5 Å². The normalized spacial score (nSPS) is 13.9. The first-order valence-corrected chi connectivity index (χ1v) is 10.5. The number of ketones is 1. The number of nitrogens with one attached hydrogen (secondary N) is 2. The summed E-state index contributed by atoms with van der Waals surface area (Å²) in [6.45, 7) is 4.97. The van der Waals surface area contributed by atoms with Crippen LogP contribution in [0.2, 0.25) is 0 Å². The van der Waals surface area contributed by atoms with Crippen LogP contribution in [0.15, 0.2) is 54.6 Å². The Balaban J connectivity index is 2.02. The molecule has 2 aromatic rings. The van der Waals surface area contributed by atoms with Gasteiger partial charge in [0.15, 0.2) is 5.78 Å². The maximum absolute atomic E-state index is 12.9. The molecule has 0 aliphatic carbocycles. The quantitative estimate of drug-likeness (QED) is 0.256. The van der Waals surface area contributed by atoms with Gasteiger partial charge in [0, 0.05) is 22.6 Å². The molecule has 2 atom stereocenters. The SMILES string of the molecule is CCC(C)(CC(C)C(=O)NCO)C(=O)Nc1ccc(C(=O)/C=C/c2ccc(O)cc2)cc1. The van der Waals surface area contributed by atoms with Crippen molar-refractivity contribution in [2.45, 2.75) is 33.6 Å². The summed E-state index contributed by atoms with van der Waals surface area (Å²) in [6, 6.07) is 13.1. The fourth-order valence-electron chi connectivity index (χ4n) is 3.27. The van der Waals surface area contributed by atoms with Crippen molar-refractivity contribution in [2.75, 3.05) is 12.0 Å². The second-order valence-corrected chi connectivity index (χ2v) is 8.04. The number of phenolic OH excluding ortho intramolecular Hbond substituents is 1. The van der Waals surface area contributed by atoms with Crippen LogP contribution in [0, 0.1) is 11.3 Å². The molecule has 2 aromatic carbocycles. The van der Waals surface area contributed by atoms with Crippen molar-refractivity contribution in [3.8, 4) is 5.75 Å². The standard InChI is InChI=1S/C25H30N2O5/c1-4-25(3,15-17(2)23(31)26-16-28)24(32)27-20-10-8-19(9-11-20)22(30)14-7-18-5-12-21(29)13-6-18/h5-14,17,28-29H,4,15-16H2,1-3H3,(H,26,31)(H,27,32)/b14-7+. The molecule has 0 saturated carbocycles. The van der Waals surface area contributed by atoms with Crippen LogP contribution >= 0.6 is 0 Å². The molecule has 0 saturated heterocycles. The van der Waals surface area contributed by atoms with E-state index in [4.69, 9.17) is 5.11 Å². The van der Waals surface area contributed by atoms with E-state index in [-0.39, 0.29) is 23.3 Å². The molecule has 0 radical (unpaired) electrons. The second kappa shape index (κ2) is 11.2. The average Bonchev–Trinajstić information content (AvgIpc) is 2.78. The summed E-state index contributed by atoms with van der Waals surface area (Å²) in [5.74, 6) is -0.970. The van der Waals surface area contributed by atoms with Gasteiger partial charge < -0.3 is 20.8 Å². The molecule has 0 spiro atoms. The molecule has 170 valence electrons. The number of aliphatic hydroxyl groups is 1. The number of allylic oxidation sites excluding steroid dienone is 1. The summed E-state index contributed by atoms with van der Waals surface area (Å²) in [5.41, 5.74) is 1.06. The lowest BCUT2D eigenvalue weighted by molar-refractivity contribution is -0.130. The lowest BCUT2D eigenvalue weighted by atomic mass is 9.78. The first-order valence-electron chi connectivity index (χ1n) is 10.5. The third-order valence-electron chi connectivity index (χ3n) is 5.53. The number of aromatic hydroxyl groups is 1. The Bertz CT molecular complexity index is 967. The summed E-state index contributed by atoms with van der Waals surface area (Å²) in [6.07, 6.45) is 3.99. The number of hydrogen-bond donors (Lipinski definition) is 4. The highest BCUT2D eigenvalue weighted by atomic mass is 16.3. The predicted molar refractivity (Wildman–Crippen MR) is 124 cm³/mol. The van der Waals surface area contributed by atoms with Crippen LogP contribution in [0.4, 0.5) is 5.69 Å². The maximum atomic E-state index is 12.9. The third-order valence-corrected chi connectivity index (χ3v) is 5.53. The number of phenols is 1. The molecule has 0 aromatic heterocycles. The summed E-state index contributed by atoms with van der Waals surface area (Å²) < 4.78 is 0. The van der Waals surface area contributed by atoms with Crippen LogP contribution in [-0.2, 0) is 9.59 Å². The van der Waals surface area contributed by atoms with Gasteiger partial charge in [-0.2, -0.15) is 0 Å². The molecule has 2 amide bonds. The smallest absolute Gasteiger partial charge is 0.230 e. The largest absolute Gasteiger partial charge is 0.508 e. The van der Waals surface area contributed by atoms with Gasteiger partial charge in [-0.05, 0) is 60.9 Å². The van der Waals surface area contributed by atoms with Crippen LogP contribution < -0.4 is 10.6 Å². The number of benzene rings is 2. The van der Waals surface area contributed by atoms with E-state index in [0.717, 1.165) is 5.56 Å². The number of carbonyl (C=O) groups excluding carboxylic acids is 3. The van der Waals surface area contributed by atoms with Crippen molar-refractivity contribution in [2.24, 2.45) is 11.3 Å². The van der Waals surface area contributed by atoms with Gasteiger partial charge >= 0.3 is 0 Å². The first kappa shape index (κ1) is 24.8. The number of hydrogen-bond acceptors (Lipinski definition) is 5. The summed E-state index contributed by atoms with van der Waals surface area (Å²) in [5, 5.41) is 23.4. The molecule has 7 nitrogen and oxygen atoms in total. The summed E-state index contributed by atoms with van der Waals surface area (Å²) in [7, 11) is 0. The highest BCUT2D eigenvalue weighted by Gasteiger charge is 2.34. The van der Waals surface area contributed by atoms with Gasteiger partial charge in [0.1, 0.15) is 12.5 Å². The summed E-state index contributed by atoms with van der Waals surface area (Å²) >= 11 is 0. The monoisotopic (exact) mass is 438 g/mol. The Labute approximate surface area is 188 Å². The van der Waals surface area contributed by atoms with Gasteiger partial charge in [0.2, 0.25) is 11.8 Å². The molecule has 0 bridgehead atoms. The zero-order valence-corrected chi connectivity index (χ0v) is 18.6. The van der Waals surface area contributed by atoms with E-state index in [0.29, 0.717) is 24.1 Å². The fourth-order valence-corrected chi connectivity index (χ4v) is 3.27. The number of carbonyl (C=O) groups is 3. The number of rotatable bonds is 10. The fraction of sp³-hybridized carbons (Fsp3) is 0.320. The van der Waals surface area contributed by atoms with Crippen LogP contribution in [-0.4, -0.2) is 34.5 Å². The van der Waals surface area contributed by atoms with E-state index in [9.17, 15) is 19.5 Å². The number of amides is 2. The van der Waals surface area contributed by atoms with Crippen LogP contribution in [0.3, 0.4) is 0 Å². The zero-order valence-electron chi connectivity index (χ0n) is 18.6. The van der Waals surface area contributed by atoms with Crippen molar-refractivity contribution in [1.82, 2.24) is 5.32 Å². The van der Waals surface area contributed by atoms with Crippen molar-refractivity contribution in [3.63, 3.8) is 0 Å². The summed E-state index contributed by atoms with van der Waals surface area (Å²) in [4.78, 5) is 37.2. The average molecular weight is 439 g/mol. The minimum atomic E-state index is -0.770. The Hall–Kier alpha value is -3.45. The van der Waals surface area contributed by atoms with Crippen molar-refractivity contribution >= 4 is 29.4 Å². The van der Waals surface area contributed by atoms with Crippen LogP contribution in [0.1, 0.15) is 49.5 Å². The lowest BCUT2D eigenvalue weighted by Crippen LogP contribution is -2.38. The van der Waals surface area contributed by atoms with Gasteiger partial charge in [0.05, 0.1) is 0 Å². The van der Waals surface area contributed by atoms with E-state index in [2.05, 4.69) is 10.6 Å². The molecule has 7 heteroatoms. The molecular weight excluding hydrogens is 408 g/mol. The Morgan fingerprint density at radius 1 is 1.06 bits per heavy atom. The molecule has 0 fully saturated rings. The van der Waals surface area contributed by atoms with Gasteiger partial charge in [-0.1, -0.05) is 39.0 Å². The minimum Gasteiger partial charge on any atom is -0.508 e. The molecule has 32 heavy (non-hydrogen) atoms. The lowest BCUT2D eigenvalue weighted by Gasteiger charge is -2.29. The Kier molecular flexibility index (Phi) is 8.72. The van der Waals surface area contributed by atoms with Crippen molar-refractivity contribution < 1.29 is 24.6 Å². The second-order valence-electron chi connectivity index (χ2n) is 8.04. The molecule has 2 unspecified atom stereocenters. The number of anilines is 1. The Morgan fingerprint density at radius 2 is 1.69 bits per heavy atom. The molecule has 2 rings (SSSR count). The van der Waals surface area contributed by atoms with Crippen LogP contribution in [0.5, 0.6) is 5.75 Å². The Morgan fingerprint density at radius 3 is 2.25 bits per heavy atom. The highest BCUT2D eigenvalue weighted by Crippen LogP contribution is 2.31. The third kappa shape index (κ3) is 6.78. The topological polar surface area (TPSA) is 116 Å². The molecule has 0 aliphatic heterocycles. The highest BCUT2D eigenvalue weighted by molar-refractivity contribution is 6.07. The zero-order chi connectivity index (χ0) is 23.7. The molecule has 0 aliphatic rings. The van der Waals surface area contributed by atoms with Crippen molar-refractivity contribution in [3.05, 3.63) is 65.7 Å². The van der Waals surface area contributed by atoms with E-state index < -0.39 is 18.1 Å². The van der Waals surface area contributed by atoms with Gasteiger partial charge in [-0.25, -0.2) is 0 Å². The maximum Gasteiger partial charge on any atom is 0.230 e. The number of aliphatic hydroxyl groups excluding tert-OH is 1. The van der Waals surface area contributed by atoms with Crippen molar-refractivity contribution in [1.29, 1.82) is 0 Å². The van der Waals surface area contributed by atoms with Gasteiger partial charge in [-0.15, -0.1) is 0 Å².